The van der Waals surface area contributed by atoms with Gasteiger partial charge in [0.15, 0.2) is 0 Å². The second kappa shape index (κ2) is 5.61. The van der Waals surface area contributed by atoms with Crippen molar-refractivity contribution in [2.24, 2.45) is 0 Å². The van der Waals surface area contributed by atoms with E-state index in [1.54, 1.807) is 25.3 Å². The third-order valence-electron chi connectivity index (χ3n) is 3.71. The van der Waals surface area contributed by atoms with Gasteiger partial charge in [0.2, 0.25) is 0 Å². The van der Waals surface area contributed by atoms with Gasteiger partial charge in [0.05, 0.1) is 12.2 Å². The van der Waals surface area contributed by atoms with Crippen LogP contribution in [-0.4, -0.2) is 27.3 Å². The lowest BCUT2D eigenvalue weighted by molar-refractivity contribution is 0.0532. The van der Waals surface area contributed by atoms with Gasteiger partial charge in [-0.05, 0) is 25.1 Å². The summed E-state index contributed by atoms with van der Waals surface area (Å²) in [5.41, 5.74) is 1.84. The predicted molar refractivity (Wildman–Crippen MR) is 92.1 cm³/mol. The Morgan fingerprint density at radius 2 is 2.12 bits per heavy atom. The summed E-state index contributed by atoms with van der Waals surface area (Å²) in [5, 5.41) is 5.94. The lowest BCUT2D eigenvalue weighted by Gasteiger charge is -2.01. The number of H-pyrrole nitrogens is 1. The molecule has 3 heterocycles. The molecule has 2 aliphatic heterocycles. The van der Waals surface area contributed by atoms with Gasteiger partial charge < -0.3 is 9.72 Å². The van der Waals surface area contributed by atoms with E-state index >= 15 is 0 Å². The van der Waals surface area contributed by atoms with E-state index in [4.69, 9.17) is 4.74 Å². The molecule has 0 aliphatic carbocycles. The average Bonchev–Trinajstić information content (AvgIpc) is 3.20. The van der Waals surface area contributed by atoms with Crippen LogP contribution in [0.4, 0.5) is 0 Å². The molecule has 120 valence electrons. The number of carbonyl (C=O) groups is 1. The summed E-state index contributed by atoms with van der Waals surface area (Å²) < 4.78 is 6.31. The monoisotopic (exact) mass is 339 g/mol. The van der Waals surface area contributed by atoms with Crippen molar-refractivity contribution in [3.05, 3.63) is 57.8 Å². The molecule has 0 spiro atoms. The number of fused-ring (bicyclic) bond motifs is 3. The number of ether oxygens (including phenoxy) is 1. The first kappa shape index (κ1) is 14.6. The number of benzene rings is 1. The molecule has 1 N–H and O–H groups in total. The second-order valence-electron chi connectivity index (χ2n) is 5.17. The van der Waals surface area contributed by atoms with Crippen molar-refractivity contribution in [1.82, 2.24) is 14.8 Å². The van der Waals surface area contributed by atoms with Crippen molar-refractivity contribution in [2.45, 2.75) is 6.92 Å². The van der Waals surface area contributed by atoms with Crippen LogP contribution in [0.3, 0.4) is 0 Å². The molecule has 7 heteroatoms. The van der Waals surface area contributed by atoms with Crippen molar-refractivity contribution >= 4 is 28.2 Å². The smallest absolute Gasteiger partial charge is 0.348 e. The van der Waals surface area contributed by atoms with E-state index in [0.29, 0.717) is 27.7 Å². The lowest BCUT2D eigenvalue weighted by Crippen LogP contribution is -2.13. The molecule has 0 amide bonds. The summed E-state index contributed by atoms with van der Waals surface area (Å²) in [7, 11) is 0. The van der Waals surface area contributed by atoms with Crippen molar-refractivity contribution in [2.75, 3.05) is 6.61 Å². The molecule has 0 bridgehead atoms. The SMILES string of the molecule is CCOC(=O)c1ccc(-n2nc3c4ccccc4[nH]cc-3c2=O)s1. The quantitative estimate of drug-likeness (QED) is 0.582. The summed E-state index contributed by atoms with van der Waals surface area (Å²) in [6.45, 7) is 2.07. The zero-order chi connectivity index (χ0) is 16.7. The van der Waals surface area contributed by atoms with Gasteiger partial charge in [-0.25, -0.2) is 4.79 Å². The number of nitrogens with zero attached hydrogens (tertiary/aromatic N) is 2. The number of esters is 1. The van der Waals surface area contributed by atoms with Crippen molar-refractivity contribution in [3.8, 4) is 16.3 Å². The molecule has 24 heavy (non-hydrogen) atoms. The molecule has 0 fully saturated rings. The minimum atomic E-state index is -0.392. The third-order valence-corrected chi connectivity index (χ3v) is 4.75. The average molecular weight is 339 g/mol. The van der Waals surface area contributed by atoms with Gasteiger partial charge >= 0.3 is 5.97 Å². The molecule has 6 nitrogen and oxygen atoms in total. The zero-order valence-corrected chi connectivity index (χ0v) is 13.6. The van der Waals surface area contributed by atoms with E-state index in [9.17, 15) is 9.59 Å². The number of aromatic amines is 1. The highest BCUT2D eigenvalue weighted by Crippen LogP contribution is 2.27. The van der Waals surface area contributed by atoms with Crippen molar-refractivity contribution in [3.63, 3.8) is 0 Å². The van der Waals surface area contributed by atoms with Crippen LogP contribution in [0, 0.1) is 0 Å². The van der Waals surface area contributed by atoms with Gasteiger partial charge in [0, 0.05) is 17.1 Å². The summed E-state index contributed by atoms with van der Waals surface area (Å²) in [6, 6.07) is 11.0. The van der Waals surface area contributed by atoms with Crippen LogP contribution in [0.2, 0.25) is 0 Å². The summed E-state index contributed by atoms with van der Waals surface area (Å²) in [4.78, 5) is 28.0. The molecule has 0 unspecified atom stereocenters. The Balaban J connectivity index is 1.87. The second-order valence-corrected chi connectivity index (χ2v) is 6.23. The van der Waals surface area contributed by atoms with Crippen LogP contribution in [0.25, 0.3) is 27.2 Å². The van der Waals surface area contributed by atoms with Gasteiger partial charge in [0.1, 0.15) is 15.6 Å². The minimum Gasteiger partial charge on any atom is -0.462 e. The molecule has 4 rings (SSSR count). The molecule has 0 saturated heterocycles. The highest BCUT2D eigenvalue weighted by atomic mass is 32.1. The van der Waals surface area contributed by atoms with E-state index in [0.717, 1.165) is 10.9 Å². The fourth-order valence-electron chi connectivity index (χ4n) is 2.61. The number of aromatic nitrogens is 3. The summed E-state index contributed by atoms with van der Waals surface area (Å²) in [6.07, 6.45) is 1.67. The Hall–Kier alpha value is -2.93. The molecule has 2 aliphatic rings. The topological polar surface area (TPSA) is 77.0 Å². The van der Waals surface area contributed by atoms with Crippen LogP contribution in [-0.2, 0) is 4.74 Å². The van der Waals surface area contributed by atoms with Crippen LogP contribution in [0.15, 0.2) is 47.4 Å². The van der Waals surface area contributed by atoms with Crippen LogP contribution >= 0.6 is 11.3 Å². The maximum atomic E-state index is 12.6. The zero-order valence-electron chi connectivity index (χ0n) is 12.8. The van der Waals surface area contributed by atoms with E-state index < -0.39 is 5.97 Å². The maximum absolute atomic E-state index is 12.6. The number of thiophene rings is 1. The number of pyridine rings is 1. The molecule has 1 aromatic heterocycles. The van der Waals surface area contributed by atoms with E-state index in [1.165, 1.54) is 16.0 Å². The summed E-state index contributed by atoms with van der Waals surface area (Å²) >= 11 is 1.18. The molecular weight excluding hydrogens is 326 g/mol. The van der Waals surface area contributed by atoms with Crippen molar-refractivity contribution in [1.29, 1.82) is 0 Å². The Labute approximate surface area is 140 Å². The predicted octanol–water partition coefficient (Wildman–Crippen LogP) is 3.06. The van der Waals surface area contributed by atoms with Crippen LogP contribution in [0.5, 0.6) is 0 Å². The number of hydrogen-bond acceptors (Lipinski definition) is 5. The molecule has 1 aromatic carbocycles. The Morgan fingerprint density at radius 3 is 2.96 bits per heavy atom. The minimum absolute atomic E-state index is 0.218. The fraction of sp³-hybridized carbons (Fsp3) is 0.118. The van der Waals surface area contributed by atoms with Gasteiger partial charge in [-0.3, -0.25) is 4.79 Å². The molecular formula is C17H13N3O3S. The Morgan fingerprint density at radius 1 is 1.29 bits per heavy atom. The van der Waals surface area contributed by atoms with Crippen LogP contribution < -0.4 is 5.56 Å². The number of para-hydroxylation sites is 1. The number of hydrogen-bond donors (Lipinski definition) is 1. The molecule has 0 radical (unpaired) electrons. The van der Waals surface area contributed by atoms with E-state index in [1.807, 2.05) is 24.3 Å². The first-order valence-electron chi connectivity index (χ1n) is 7.45. The number of rotatable bonds is 3. The first-order chi connectivity index (χ1) is 11.7. The van der Waals surface area contributed by atoms with Gasteiger partial charge in [-0.2, -0.15) is 9.78 Å². The number of carbonyl (C=O) groups excluding carboxylic acids is 1. The van der Waals surface area contributed by atoms with E-state index in [2.05, 4.69) is 10.1 Å². The molecule has 0 saturated carbocycles. The highest BCUT2D eigenvalue weighted by Gasteiger charge is 2.20. The van der Waals surface area contributed by atoms with Crippen LogP contribution in [0.1, 0.15) is 16.6 Å². The molecule has 2 aromatic rings. The first-order valence-corrected chi connectivity index (χ1v) is 8.27. The normalized spacial score (nSPS) is 11.2. The Kier molecular flexibility index (Phi) is 3.42. The number of nitrogens with one attached hydrogen (secondary N) is 1. The van der Waals surface area contributed by atoms with Gasteiger partial charge in [-0.1, -0.05) is 18.2 Å². The van der Waals surface area contributed by atoms with Gasteiger partial charge in [-0.15, -0.1) is 11.3 Å². The van der Waals surface area contributed by atoms with Gasteiger partial charge in [0.25, 0.3) is 5.56 Å². The van der Waals surface area contributed by atoms with Crippen molar-refractivity contribution < 1.29 is 9.53 Å². The highest BCUT2D eigenvalue weighted by molar-refractivity contribution is 7.16. The Bertz CT molecular complexity index is 1080. The largest absolute Gasteiger partial charge is 0.462 e. The van der Waals surface area contributed by atoms with E-state index in [-0.39, 0.29) is 5.56 Å². The third kappa shape index (κ3) is 2.21. The maximum Gasteiger partial charge on any atom is 0.348 e. The standard InChI is InChI=1S/C17H13N3O3S/c1-2-23-17(22)13-7-8-14(24-13)20-16(21)11-9-18-12-6-4-3-5-10(12)15(11)19-20/h3-9,18H,2H2,1H3. The molecule has 0 atom stereocenters. The lowest BCUT2D eigenvalue weighted by atomic mass is 10.1. The fourth-order valence-corrected chi connectivity index (χ4v) is 3.46. The summed E-state index contributed by atoms with van der Waals surface area (Å²) in [5.74, 6) is -0.392.